The highest BCUT2D eigenvalue weighted by molar-refractivity contribution is 5.72. The molecule has 29 heavy (non-hydrogen) atoms. The summed E-state index contributed by atoms with van der Waals surface area (Å²) in [7, 11) is 8.24. The second-order valence-corrected chi connectivity index (χ2v) is 7.50. The van der Waals surface area contributed by atoms with Gasteiger partial charge in [0.25, 0.3) is 0 Å². The predicted molar refractivity (Wildman–Crippen MR) is 124 cm³/mol. The highest BCUT2D eigenvalue weighted by Gasteiger charge is 1.97. The van der Waals surface area contributed by atoms with Gasteiger partial charge in [-0.25, -0.2) is 9.97 Å². The maximum absolute atomic E-state index is 4.35. The van der Waals surface area contributed by atoms with E-state index in [2.05, 4.69) is 94.5 Å². The average molecular weight is 385 g/mol. The van der Waals surface area contributed by atoms with E-state index in [1.165, 1.54) is 11.3 Å². The predicted octanol–water partition coefficient (Wildman–Crippen LogP) is 4.95. The van der Waals surface area contributed by atoms with Crippen LogP contribution in [-0.4, -0.2) is 43.1 Å². The highest BCUT2D eigenvalue weighted by Crippen LogP contribution is 2.15. The number of aromatic nitrogens is 2. The monoisotopic (exact) mass is 384 g/mol. The second-order valence-electron chi connectivity index (χ2n) is 7.50. The summed E-state index contributed by atoms with van der Waals surface area (Å²) in [6.07, 6.45) is 9.79. The molecule has 0 spiro atoms. The first-order chi connectivity index (χ1) is 14.0. The van der Waals surface area contributed by atoms with E-state index >= 15 is 0 Å². The van der Waals surface area contributed by atoms with Crippen LogP contribution in [0.3, 0.4) is 0 Å². The molecule has 148 valence electrons. The fraction of sp³-hybridized carbons (Fsp3) is 0.200. The molecule has 0 saturated heterocycles. The molecule has 1 aromatic heterocycles. The van der Waals surface area contributed by atoms with Crippen molar-refractivity contribution in [2.75, 3.05) is 33.1 Å². The quantitative estimate of drug-likeness (QED) is 0.577. The van der Waals surface area contributed by atoms with Gasteiger partial charge in [-0.1, -0.05) is 48.6 Å². The minimum atomic E-state index is 0.887. The van der Waals surface area contributed by atoms with Crippen molar-refractivity contribution in [2.45, 2.75) is 6.54 Å². The topological polar surface area (TPSA) is 32.3 Å². The molecule has 0 aliphatic rings. The number of hydrogen-bond acceptors (Lipinski definition) is 4. The Morgan fingerprint density at radius 2 is 1.21 bits per heavy atom. The van der Waals surface area contributed by atoms with Crippen LogP contribution >= 0.6 is 0 Å². The fourth-order valence-corrected chi connectivity index (χ4v) is 2.92. The molecule has 0 amide bonds. The maximum atomic E-state index is 4.35. The summed E-state index contributed by atoms with van der Waals surface area (Å²) in [6.45, 7) is 0.948. The summed E-state index contributed by atoms with van der Waals surface area (Å²) in [4.78, 5) is 13.0. The van der Waals surface area contributed by atoms with E-state index in [1.807, 2.05) is 32.3 Å². The van der Waals surface area contributed by atoms with Gasteiger partial charge in [-0.15, -0.1) is 0 Å². The Morgan fingerprint density at radius 1 is 0.690 bits per heavy atom. The van der Waals surface area contributed by atoms with Crippen molar-refractivity contribution >= 4 is 30.0 Å². The number of anilines is 1. The second kappa shape index (κ2) is 9.80. The van der Waals surface area contributed by atoms with Gasteiger partial charge in [-0.2, -0.15) is 0 Å². The zero-order valence-electron chi connectivity index (χ0n) is 17.6. The van der Waals surface area contributed by atoms with Gasteiger partial charge in [0.1, 0.15) is 6.33 Å². The molecule has 0 aliphatic heterocycles. The molecule has 2 aromatic carbocycles. The van der Waals surface area contributed by atoms with Gasteiger partial charge in [-0.3, -0.25) is 0 Å². The first kappa shape index (κ1) is 20.5. The Kier molecular flexibility index (Phi) is 6.93. The van der Waals surface area contributed by atoms with Crippen molar-refractivity contribution in [1.82, 2.24) is 14.9 Å². The Morgan fingerprint density at radius 3 is 1.69 bits per heavy atom. The van der Waals surface area contributed by atoms with Crippen LogP contribution in [0.5, 0.6) is 0 Å². The molecule has 0 fully saturated rings. The Hall–Kier alpha value is -3.24. The van der Waals surface area contributed by atoms with Gasteiger partial charge >= 0.3 is 0 Å². The van der Waals surface area contributed by atoms with Crippen molar-refractivity contribution in [1.29, 1.82) is 0 Å². The lowest BCUT2D eigenvalue weighted by Gasteiger charge is -2.11. The minimum absolute atomic E-state index is 0.887. The van der Waals surface area contributed by atoms with E-state index in [0.29, 0.717) is 0 Å². The number of rotatable bonds is 7. The number of benzene rings is 2. The SMILES string of the molecule is CN(C)Cc1ccc(C=Cc2cc(C=Cc3ccc(N(C)C)cc3)ncn2)cc1. The van der Waals surface area contributed by atoms with Crippen LogP contribution in [-0.2, 0) is 6.54 Å². The molecule has 1 heterocycles. The molecule has 4 nitrogen and oxygen atoms in total. The molecule has 0 atom stereocenters. The Balaban J connectivity index is 1.66. The molecule has 0 aliphatic carbocycles. The van der Waals surface area contributed by atoms with Crippen molar-refractivity contribution in [3.63, 3.8) is 0 Å². The number of hydrogen-bond donors (Lipinski definition) is 0. The van der Waals surface area contributed by atoms with Gasteiger partial charge in [0.15, 0.2) is 0 Å². The van der Waals surface area contributed by atoms with Crippen molar-refractivity contribution < 1.29 is 0 Å². The van der Waals surface area contributed by atoms with Crippen LogP contribution in [0.4, 0.5) is 5.69 Å². The standard InChI is InChI=1S/C25H28N4/c1-28(2)18-22-7-5-20(6-8-22)9-13-23-17-24(27-19-26-23)14-10-21-11-15-25(16-12-21)29(3)4/h5-17,19H,18H2,1-4H3. The molecular formula is C25H28N4. The third kappa shape index (κ3) is 6.40. The summed E-state index contributed by atoms with van der Waals surface area (Å²) >= 11 is 0. The summed E-state index contributed by atoms with van der Waals surface area (Å²) < 4.78 is 0. The van der Waals surface area contributed by atoms with Crippen LogP contribution in [0.15, 0.2) is 60.9 Å². The van der Waals surface area contributed by atoms with Crippen LogP contribution in [0.25, 0.3) is 24.3 Å². The third-order valence-corrected chi connectivity index (χ3v) is 4.49. The van der Waals surface area contributed by atoms with E-state index in [1.54, 1.807) is 6.33 Å². The smallest absolute Gasteiger partial charge is 0.116 e. The lowest BCUT2D eigenvalue weighted by atomic mass is 10.1. The van der Waals surface area contributed by atoms with Crippen molar-refractivity contribution in [3.8, 4) is 0 Å². The van der Waals surface area contributed by atoms with Crippen LogP contribution in [0, 0.1) is 0 Å². The molecular weight excluding hydrogens is 356 g/mol. The molecule has 3 rings (SSSR count). The van der Waals surface area contributed by atoms with Gasteiger partial charge < -0.3 is 9.80 Å². The van der Waals surface area contributed by atoms with Crippen LogP contribution in [0.1, 0.15) is 28.1 Å². The summed E-state index contributed by atoms with van der Waals surface area (Å²) in [5.74, 6) is 0. The van der Waals surface area contributed by atoms with Gasteiger partial charge in [0, 0.05) is 26.3 Å². The Labute approximate surface area is 173 Å². The maximum Gasteiger partial charge on any atom is 0.116 e. The Bertz CT molecular complexity index is 968. The summed E-state index contributed by atoms with van der Waals surface area (Å²) in [5.41, 5.74) is 6.57. The highest BCUT2D eigenvalue weighted by atomic mass is 15.1. The molecule has 0 unspecified atom stereocenters. The average Bonchev–Trinajstić information content (AvgIpc) is 2.72. The third-order valence-electron chi connectivity index (χ3n) is 4.49. The van der Waals surface area contributed by atoms with Crippen LogP contribution < -0.4 is 4.90 Å². The lowest BCUT2D eigenvalue weighted by Crippen LogP contribution is -2.10. The minimum Gasteiger partial charge on any atom is -0.378 e. The first-order valence-electron chi connectivity index (χ1n) is 9.69. The lowest BCUT2D eigenvalue weighted by molar-refractivity contribution is 0.402. The zero-order chi connectivity index (χ0) is 20.6. The first-order valence-corrected chi connectivity index (χ1v) is 9.69. The van der Waals surface area contributed by atoms with Gasteiger partial charge in [0.05, 0.1) is 11.4 Å². The van der Waals surface area contributed by atoms with E-state index in [9.17, 15) is 0 Å². The summed E-state index contributed by atoms with van der Waals surface area (Å²) in [5, 5.41) is 0. The molecule has 0 saturated carbocycles. The van der Waals surface area contributed by atoms with E-state index < -0.39 is 0 Å². The van der Waals surface area contributed by atoms with E-state index in [-0.39, 0.29) is 0 Å². The molecule has 3 aromatic rings. The van der Waals surface area contributed by atoms with E-state index in [4.69, 9.17) is 0 Å². The largest absolute Gasteiger partial charge is 0.378 e. The molecule has 0 bridgehead atoms. The van der Waals surface area contributed by atoms with Crippen LogP contribution in [0.2, 0.25) is 0 Å². The molecule has 4 heteroatoms. The van der Waals surface area contributed by atoms with Crippen molar-refractivity contribution in [2.24, 2.45) is 0 Å². The van der Waals surface area contributed by atoms with E-state index in [0.717, 1.165) is 29.1 Å². The van der Waals surface area contributed by atoms with Gasteiger partial charge in [-0.05, 0) is 61.1 Å². The van der Waals surface area contributed by atoms with Crippen molar-refractivity contribution in [3.05, 3.63) is 89.0 Å². The summed E-state index contributed by atoms with van der Waals surface area (Å²) in [6, 6.07) is 19.0. The number of nitrogens with zero attached hydrogens (tertiary/aromatic N) is 4. The normalized spacial score (nSPS) is 11.6. The van der Waals surface area contributed by atoms with Gasteiger partial charge in [0.2, 0.25) is 0 Å². The molecule has 0 N–H and O–H groups in total. The molecule has 0 radical (unpaired) electrons. The zero-order valence-corrected chi connectivity index (χ0v) is 17.6. The fourth-order valence-electron chi connectivity index (χ4n) is 2.92.